The first-order chi connectivity index (χ1) is 6.58. The van der Waals surface area contributed by atoms with E-state index < -0.39 is 0 Å². The quantitative estimate of drug-likeness (QED) is 0.650. The van der Waals surface area contributed by atoms with Gasteiger partial charge in [-0.1, -0.05) is 20.8 Å². The standard InChI is InChI=1S/C11H20O3/c1-5-9(10(12)13-4)11(8(2)3)6-14-7-11/h8-9H,5-7H2,1-4H3. The van der Waals surface area contributed by atoms with Crippen LogP contribution in [0.4, 0.5) is 0 Å². The second-order valence-corrected chi connectivity index (χ2v) is 4.36. The van der Waals surface area contributed by atoms with E-state index in [1.807, 2.05) is 6.92 Å². The molecule has 3 nitrogen and oxygen atoms in total. The third kappa shape index (κ3) is 1.65. The van der Waals surface area contributed by atoms with Crippen molar-refractivity contribution < 1.29 is 14.3 Å². The van der Waals surface area contributed by atoms with Crippen LogP contribution in [-0.2, 0) is 14.3 Å². The van der Waals surface area contributed by atoms with Gasteiger partial charge in [-0.25, -0.2) is 0 Å². The first kappa shape index (κ1) is 11.5. The van der Waals surface area contributed by atoms with Crippen LogP contribution in [0.3, 0.4) is 0 Å². The van der Waals surface area contributed by atoms with E-state index in [2.05, 4.69) is 13.8 Å². The maximum atomic E-state index is 11.6. The van der Waals surface area contributed by atoms with Crippen molar-refractivity contribution in [2.75, 3.05) is 20.3 Å². The topological polar surface area (TPSA) is 35.5 Å². The highest BCUT2D eigenvalue weighted by molar-refractivity contribution is 5.73. The average molecular weight is 200 g/mol. The molecule has 1 unspecified atom stereocenters. The Morgan fingerprint density at radius 3 is 2.29 bits per heavy atom. The number of hydrogen-bond donors (Lipinski definition) is 0. The molecule has 0 amide bonds. The molecule has 0 N–H and O–H groups in total. The molecular formula is C11H20O3. The monoisotopic (exact) mass is 200 g/mol. The third-order valence-electron chi connectivity index (χ3n) is 3.48. The minimum absolute atomic E-state index is 0.0127. The molecule has 1 atom stereocenters. The molecule has 0 radical (unpaired) electrons. The molecule has 0 aromatic heterocycles. The summed E-state index contributed by atoms with van der Waals surface area (Å²) in [5.41, 5.74) is 0.0157. The summed E-state index contributed by atoms with van der Waals surface area (Å²) in [5, 5.41) is 0. The van der Waals surface area contributed by atoms with Crippen LogP contribution >= 0.6 is 0 Å². The summed E-state index contributed by atoms with van der Waals surface area (Å²) in [6.07, 6.45) is 0.828. The van der Waals surface area contributed by atoms with Crippen molar-refractivity contribution >= 4 is 5.97 Å². The molecule has 0 aromatic carbocycles. The van der Waals surface area contributed by atoms with E-state index in [0.717, 1.165) is 6.42 Å². The molecule has 14 heavy (non-hydrogen) atoms. The highest BCUT2D eigenvalue weighted by Gasteiger charge is 2.50. The molecular weight excluding hydrogens is 180 g/mol. The van der Waals surface area contributed by atoms with E-state index in [1.165, 1.54) is 7.11 Å². The zero-order chi connectivity index (χ0) is 10.8. The van der Waals surface area contributed by atoms with Crippen molar-refractivity contribution in [3.05, 3.63) is 0 Å². The predicted molar refractivity (Wildman–Crippen MR) is 53.9 cm³/mol. The summed E-state index contributed by atoms with van der Waals surface area (Å²) in [4.78, 5) is 11.6. The number of carbonyl (C=O) groups excluding carboxylic acids is 1. The molecule has 0 aromatic rings. The molecule has 1 saturated heterocycles. The Kier molecular flexibility index (Phi) is 3.53. The number of esters is 1. The summed E-state index contributed by atoms with van der Waals surface area (Å²) in [6, 6.07) is 0. The largest absolute Gasteiger partial charge is 0.469 e. The van der Waals surface area contributed by atoms with Crippen LogP contribution in [0.1, 0.15) is 27.2 Å². The normalized spacial score (nSPS) is 21.5. The summed E-state index contributed by atoms with van der Waals surface area (Å²) >= 11 is 0. The number of methoxy groups -OCH3 is 1. The molecule has 0 aliphatic carbocycles. The fourth-order valence-electron chi connectivity index (χ4n) is 2.22. The first-order valence-electron chi connectivity index (χ1n) is 5.24. The minimum atomic E-state index is -0.0931. The van der Waals surface area contributed by atoms with E-state index in [1.54, 1.807) is 0 Å². The minimum Gasteiger partial charge on any atom is -0.469 e. The lowest BCUT2D eigenvalue weighted by Crippen LogP contribution is -2.54. The van der Waals surface area contributed by atoms with Gasteiger partial charge >= 0.3 is 5.97 Å². The van der Waals surface area contributed by atoms with Gasteiger partial charge in [-0.3, -0.25) is 4.79 Å². The van der Waals surface area contributed by atoms with E-state index in [4.69, 9.17) is 9.47 Å². The van der Waals surface area contributed by atoms with Gasteiger partial charge in [-0.15, -0.1) is 0 Å². The van der Waals surface area contributed by atoms with Gasteiger partial charge in [-0.05, 0) is 12.3 Å². The number of rotatable bonds is 4. The Morgan fingerprint density at radius 2 is 2.07 bits per heavy atom. The zero-order valence-corrected chi connectivity index (χ0v) is 9.50. The molecule has 3 heteroatoms. The second-order valence-electron chi connectivity index (χ2n) is 4.36. The Balaban J connectivity index is 2.80. The Hall–Kier alpha value is -0.570. The van der Waals surface area contributed by atoms with Gasteiger partial charge in [0, 0.05) is 5.41 Å². The molecule has 82 valence electrons. The summed E-state index contributed by atoms with van der Waals surface area (Å²) in [6.45, 7) is 7.71. The molecule has 0 bridgehead atoms. The summed E-state index contributed by atoms with van der Waals surface area (Å²) in [7, 11) is 1.46. The fourth-order valence-corrected chi connectivity index (χ4v) is 2.22. The maximum Gasteiger partial charge on any atom is 0.309 e. The lowest BCUT2D eigenvalue weighted by Gasteiger charge is -2.48. The van der Waals surface area contributed by atoms with E-state index in [-0.39, 0.29) is 17.3 Å². The highest BCUT2D eigenvalue weighted by atomic mass is 16.5. The van der Waals surface area contributed by atoms with Crippen molar-refractivity contribution in [1.82, 2.24) is 0 Å². The van der Waals surface area contributed by atoms with Crippen LogP contribution in [0, 0.1) is 17.3 Å². The first-order valence-corrected chi connectivity index (χ1v) is 5.24. The molecule has 0 spiro atoms. The SMILES string of the molecule is CCC(C(=O)OC)C1(C(C)C)COC1. The van der Waals surface area contributed by atoms with Crippen molar-refractivity contribution in [3.63, 3.8) is 0 Å². The molecule has 1 fully saturated rings. The van der Waals surface area contributed by atoms with Gasteiger partial charge in [-0.2, -0.15) is 0 Å². The maximum absolute atomic E-state index is 11.6. The van der Waals surface area contributed by atoms with Crippen LogP contribution < -0.4 is 0 Å². The van der Waals surface area contributed by atoms with Gasteiger partial charge < -0.3 is 9.47 Å². The Morgan fingerprint density at radius 1 is 1.50 bits per heavy atom. The molecule has 1 rings (SSSR count). The zero-order valence-electron chi connectivity index (χ0n) is 9.50. The number of hydrogen-bond acceptors (Lipinski definition) is 3. The fraction of sp³-hybridized carbons (Fsp3) is 0.909. The van der Waals surface area contributed by atoms with Gasteiger partial charge in [0.05, 0.1) is 26.2 Å². The smallest absolute Gasteiger partial charge is 0.309 e. The third-order valence-corrected chi connectivity index (χ3v) is 3.48. The van der Waals surface area contributed by atoms with Crippen LogP contribution in [-0.4, -0.2) is 26.3 Å². The van der Waals surface area contributed by atoms with Gasteiger partial charge in [0.25, 0.3) is 0 Å². The van der Waals surface area contributed by atoms with Gasteiger partial charge in [0.2, 0.25) is 0 Å². The Bertz CT molecular complexity index is 207. The summed E-state index contributed by atoms with van der Waals surface area (Å²) < 4.78 is 10.1. The van der Waals surface area contributed by atoms with Gasteiger partial charge in [0.1, 0.15) is 0 Å². The predicted octanol–water partition coefficient (Wildman–Crippen LogP) is 1.86. The van der Waals surface area contributed by atoms with Crippen molar-refractivity contribution in [2.45, 2.75) is 27.2 Å². The van der Waals surface area contributed by atoms with Gasteiger partial charge in [0.15, 0.2) is 0 Å². The number of ether oxygens (including phenoxy) is 2. The lowest BCUT2D eigenvalue weighted by atomic mass is 9.65. The molecule has 1 aliphatic heterocycles. The van der Waals surface area contributed by atoms with Crippen molar-refractivity contribution in [1.29, 1.82) is 0 Å². The molecule has 0 saturated carbocycles. The second kappa shape index (κ2) is 4.30. The van der Waals surface area contributed by atoms with E-state index in [0.29, 0.717) is 19.1 Å². The van der Waals surface area contributed by atoms with E-state index in [9.17, 15) is 4.79 Å². The van der Waals surface area contributed by atoms with Crippen LogP contribution in [0.25, 0.3) is 0 Å². The molecule has 1 aliphatic rings. The Labute approximate surface area is 85.8 Å². The summed E-state index contributed by atoms with van der Waals surface area (Å²) in [5.74, 6) is 0.353. The number of carbonyl (C=O) groups is 1. The van der Waals surface area contributed by atoms with Crippen molar-refractivity contribution in [2.24, 2.45) is 17.3 Å². The van der Waals surface area contributed by atoms with Crippen LogP contribution in [0.5, 0.6) is 0 Å². The van der Waals surface area contributed by atoms with Crippen LogP contribution in [0.15, 0.2) is 0 Å². The average Bonchev–Trinajstić information content (AvgIpc) is 2.08. The lowest BCUT2D eigenvalue weighted by molar-refractivity contribution is -0.192. The van der Waals surface area contributed by atoms with Crippen LogP contribution in [0.2, 0.25) is 0 Å². The highest BCUT2D eigenvalue weighted by Crippen LogP contribution is 2.44. The molecule has 1 heterocycles. The van der Waals surface area contributed by atoms with Crippen molar-refractivity contribution in [3.8, 4) is 0 Å². The van der Waals surface area contributed by atoms with E-state index >= 15 is 0 Å².